The normalized spacial score (nSPS) is 20.7. The van der Waals surface area contributed by atoms with E-state index in [0.717, 1.165) is 63.1 Å². The Labute approximate surface area is 143 Å². The minimum absolute atomic E-state index is 0.0398. The third kappa shape index (κ3) is 4.47. The van der Waals surface area contributed by atoms with E-state index in [1.165, 1.54) is 0 Å². The molecule has 3 N–H and O–H groups in total. The van der Waals surface area contributed by atoms with E-state index >= 15 is 0 Å². The van der Waals surface area contributed by atoms with E-state index in [1.54, 1.807) is 0 Å². The molecule has 1 aromatic rings. The van der Waals surface area contributed by atoms with Crippen molar-refractivity contribution in [2.45, 2.75) is 32.2 Å². The number of likely N-dealkylation sites (tertiary alicyclic amines) is 1. The van der Waals surface area contributed by atoms with Crippen LogP contribution in [0.4, 0.5) is 10.5 Å². The Balaban J connectivity index is 1.51. The molecule has 2 aliphatic rings. The molecule has 3 amide bonds. The van der Waals surface area contributed by atoms with Crippen molar-refractivity contribution in [3.05, 3.63) is 29.8 Å². The molecule has 0 radical (unpaired) electrons. The van der Waals surface area contributed by atoms with Gasteiger partial charge in [-0.2, -0.15) is 0 Å². The highest BCUT2D eigenvalue weighted by Gasteiger charge is 2.20. The summed E-state index contributed by atoms with van der Waals surface area (Å²) in [6.45, 7) is 3.91. The summed E-state index contributed by atoms with van der Waals surface area (Å²) in [6, 6.07) is 7.63. The molecule has 3 rings (SSSR count). The van der Waals surface area contributed by atoms with Gasteiger partial charge in [0.05, 0.1) is 5.92 Å². The van der Waals surface area contributed by atoms with Crippen molar-refractivity contribution >= 4 is 17.6 Å². The van der Waals surface area contributed by atoms with E-state index in [9.17, 15) is 9.59 Å². The largest absolute Gasteiger partial charge is 0.352 e. The van der Waals surface area contributed by atoms with Gasteiger partial charge in [0.2, 0.25) is 5.91 Å². The number of nitrogens with one attached hydrogen (secondary N) is 3. The zero-order chi connectivity index (χ0) is 16.8. The molecule has 0 saturated carbocycles. The molecule has 130 valence electrons. The Hall–Kier alpha value is -2.08. The highest BCUT2D eigenvalue weighted by atomic mass is 16.2. The Kier molecular flexibility index (Phi) is 5.69. The van der Waals surface area contributed by atoms with Crippen LogP contribution >= 0.6 is 0 Å². The van der Waals surface area contributed by atoms with Crippen LogP contribution in [0, 0.1) is 5.92 Å². The first kappa shape index (κ1) is 16.8. The topological polar surface area (TPSA) is 73.5 Å². The second-order valence-electron chi connectivity index (χ2n) is 6.59. The van der Waals surface area contributed by atoms with Gasteiger partial charge in [0.15, 0.2) is 0 Å². The summed E-state index contributed by atoms with van der Waals surface area (Å²) >= 11 is 0. The highest BCUT2D eigenvalue weighted by molar-refractivity contribution is 5.89. The van der Waals surface area contributed by atoms with Crippen LogP contribution in [0.1, 0.15) is 31.2 Å². The first-order valence-corrected chi connectivity index (χ1v) is 8.86. The van der Waals surface area contributed by atoms with Crippen molar-refractivity contribution in [1.29, 1.82) is 0 Å². The van der Waals surface area contributed by atoms with Crippen molar-refractivity contribution in [2.75, 3.05) is 31.5 Å². The van der Waals surface area contributed by atoms with Crippen molar-refractivity contribution in [2.24, 2.45) is 5.92 Å². The van der Waals surface area contributed by atoms with Gasteiger partial charge < -0.3 is 20.9 Å². The number of anilines is 1. The number of carbonyl (C=O) groups excluding carboxylic acids is 2. The van der Waals surface area contributed by atoms with E-state index in [0.29, 0.717) is 6.54 Å². The number of hydrogen-bond donors (Lipinski definition) is 3. The average Bonchev–Trinajstić information content (AvgIpc) is 3.15. The summed E-state index contributed by atoms with van der Waals surface area (Å²) < 4.78 is 0. The zero-order valence-electron chi connectivity index (χ0n) is 14.0. The molecular formula is C18H26N4O2. The van der Waals surface area contributed by atoms with Gasteiger partial charge in [0, 0.05) is 31.9 Å². The first-order chi connectivity index (χ1) is 11.7. The molecule has 0 bridgehead atoms. The molecule has 2 aliphatic heterocycles. The maximum absolute atomic E-state index is 12.2. The molecule has 0 aromatic heterocycles. The number of hydrogen-bond acceptors (Lipinski definition) is 3. The summed E-state index contributed by atoms with van der Waals surface area (Å²) in [7, 11) is 0. The Morgan fingerprint density at radius 1 is 1.21 bits per heavy atom. The number of nitrogens with zero attached hydrogens (tertiary/aromatic N) is 1. The molecule has 6 heteroatoms. The van der Waals surface area contributed by atoms with Gasteiger partial charge in [0.1, 0.15) is 0 Å². The SMILES string of the molecule is O=C(NCc1cccc(NC(=O)N2CCCC2)c1)C1CCCNC1. The lowest BCUT2D eigenvalue weighted by atomic mass is 9.99. The Morgan fingerprint density at radius 3 is 2.79 bits per heavy atom. The second kappa shape index (κ2) is 8.15. The molecule has 1 aromatic carbocycles. The molecule has 0 spiro atoms. The van der Waals surface area contributed by atoms with Gasteiger partial charge in [-0.25, -0.2) is 4.79 Å². The van der Waals surface area contributed by atoms with Crippen LogP contribution in [0.3, 0.4) is 0 Å². The lowest BCUT2D eigenvalue weighted by molar-refractivity contribution is -0.125. The Morgan fingerprint density at radius 2 is 2.04 bits per heavy atom. The van der Waals surface area contributed by atoms with Gasteiger partial charge in [0.25, 0.3) is 0 Å². The molecule has 2 fully saturated rings. The molecule has 24 heavy (non-hydrogen) atoms. The summed E-state index contributed by atoms with van der Waals surface area (Å²) in [6.07, 6.45) is 4.16. The van der Waals surface area contributed by atoms with Gasteiger partial charge in [-0.15, -0.1) is 0 Å². The van der Waals surface area contributed by atoms with E-state index in [2.05, 4.69) is 16.0 Å². The monoisotopic (exact) mass is 330 g/mol. The number of benzene rings is 1. The second-order valence-corrected chi connectivity index (χ2v) is 6.59. The Bertz CT molecular complexity index is 578. The highest BCUT2D eigenvalue weighted by Crippen LogP contribution is 2.15. The maximum atomic E-state index is 12.2. The fourth-order valence-electron chi connectivity index (χ4n) is 3.29. The predicted octanol–water partition coefficient (Wildman–Crippen LogP) is 1.93. The van der Waals surface area contributed by atoms with Gasteiger partial charge in [-0.1, -0.05) is 12.1 Å². The molecular weight excluding hydrogens is 304 g/mol. The van der Waals surface area contributed by atoms with Crippen LogP contribution in [0.15, 0.2) is 24.3 Å². The van der Waals surface area contributed by atoms with Crippen molar-refractivity contribution in [3.8, 4) is 0 Å². The van der Waals surface area contributed by atoms with E-state index in [1.807, 2.05) is 29.2 Å². The van der Waals surface area contributed by atoms with E-state index in [4.69, 9.17) is 0 Å². The van der Waals surface area contributed by atoms with Gasteiger partial charge >= 0.3 is 6.03 Å². The number of piperidine rings is 1. The fraction of sp³-hybridized carbons (Fsp3) is 0.556. The van der Waals surface area contributed by atoms with Crippen LogP contribution in [-0.4, -0.2) is 43.0 Å². The summed E-state index contributed by atoms with van der Waals surface area (Å²) in [5.74, 6) is 0.172. The van der Waals surface area contributed by atoms with Crippen LogP contribution in [-0.2, 0) is 11.3 Å². The number of urea groups is 1. The average molecular weight is 330 g/mol. The number of amides is 3. The predicted molar refractivity (Wildman–Crippen MR) is 93.7 cm³/mol. The minimum Gasteiger partial charge on any atom is -0.352 e. The summed E-state index contributed by atoms with van der Waals surface area (Å²) in [5.41, 5.74) is 1.77. The van der Waals surface area contributed by atoms with Crippen LogP contribution < -0.4 is 16.0 Å². The third-order valence-corrected chi connectivity index (χ3v) is 4.71. The molecule has 2 saturated heterocycles. The van der Waals surface area contributed by atoms with Crippen LogP contribution in [0.5, 0.6) is 0 Å². The molecule has 1 atom stereocenters. The summed E-state index contributed by atoms with van der Waals surface area (Å²) in [5, 5.41) is 9.20. The third-order valence-electron chi connectivity index (χ3n) is 4.71. The molecule has 1 unspecified atom stereocenters. The van der Waals surface area contributed by atoms with Crippen LogP contribution in [0.2, 0.25) is 0 Å². The van der Waals surface area contributed by atoms with E-state index in [-0.39, 0.29) is 17.9 Å². The molecule has 6 nitrogen and oxygen atoms in total. The lowest BCUT2D eigenvalue weighted by Crippen LogP contribution is -2.40. The zero-order valence-corrected chi connectivity index (χ0v) is 14.0. The smallest absolute Gasteiger partial charge is 0.321 e. The fourth-order valence-corrected chi connectivity index (χ4v) is 3.29. The van der Waals surface area contributed by atoms with Crippen molar-refractivity contribution < 1.29 is 9.59 Å². The van der Waals surface area contributed by atoms with Crippen molar-refractivity contribution in [3.63, 3.8) is 0 Å². The lowest BCUT2D eigenvalue weighted by Gasteiger charge is -2.22. The van der Waals surface area contributed by atoms with Crippen molar-refractivity contribution in [1.82, 2.24) is 15.5 Å². The van der Waals surface area contributed by atoms with Gasteiger partial charge in [-0.3, -0.25) is 4.79 Å². The molecule has 0 aliphatic carbocycles. The van der Waals surface area contributed by atoms with E-state index < -0.39 is 0 Å². The summed E-state index contributed by atoms with van der Waals surface area (Å²) in [4.78, 5) is 26.2. The number of carbonyl (C=O) groups is 2. The number of rotatable bonds is 4. The molecule has 2 heterocycles. The first-order valence-electron chi connectivity index (χ1n) is 8.86. The van der Waals surface area contributed by atoms with Gasteiger partial charge in [-0.05, 0) is 49.9 Å². The minimum atomic E-state index is -0.0398. The van der Waals surface area contributed by atoms with Crippen LogP contribution in [0.25, 0.3) is 0 Å². The maximum Gasteiger partial charge on any atom is 0.321 e. The standard InChI is InChI=1S/C18H26N4O2/c23-17(15-6-4-8-19-13-15)20-12-14-5-3-7-16(11-14)21-18(24)22-9-1-2-10-22/h3,5,7,11,15,19H,1-2,4,6,8-10,12-13H2,(H,20,23)(H,21,24). The quantitative estimate of drug-likeness (QED) is 0.790.